The summed E-state index contributed by atoms with van der Waals surface area (Å²) in [5.74, 6) is -1.10. The van der Waals surface area contributed by atoms with Crippen LogP contribution in [-0.2, 0) is 34.2 Å². The van der Waals surface area contributed by atoms with Gasteiger partial charge in [0, 0.05) is 19.0 Å². The summed E-state index contributed by atoms with van der Waals surface area (Å²) in [7, 11) is -7.79. The average Bonchev–Trinajstić information content (AvgIpc) is 2.97. The summed E-state index contributed by atoms with van der Waals surface area (Å²) in [4.78, 5) is 24.7. The van der Waals surface area contributed by atoms with Gasteiger partial charge < -0.3 is 9.64 Å². The Kier molecular flexibility index (Phi) is 5.80. The molecular formula is C14H20N2O7S3. The maximum atomic E-state index is 12.6. The molecule has 0 unspecified atom stereocenters. The summed E-state index contributed by atoms with van der Waals surface area (Å²) in [5, 5.41) is 4.33. The number of nitrogens with two attached hydrogens (primary N) is 1. The molecule has 0 bridgehead atoms. The van der Waals surface area contributed by atoms with Crippen molar-refractivity contribution < 1.29 is 31.2 Å². The first-order valence-electron chi connectivity index (χ1n) is 7.72. The molecule has 1 amide bonds. The van der Waals surface area contributed by atoms with Crippen LogP contribution in [0.15, 0.2) is 14.5 Å². The summed E-state index contributed by atoms with van der Waals surface area (Å²) in [5.41, 5.74) is 0.232. The molecule has 1 aromatic rings. The number of hydrogen-bond donors (Lipinski definition) is 1. The van der Waals surface area contributed by atoms with E-state index < -0.39 is 49.6 Å². The van der Waals surface area contributed by atoms with Crippen LogP contribution in [0, 0.1) is 0 Å². The predicted octanol–water partition coefficient (Wildman–Crippen LogP) is 0.414. The van der Waals surface area contributed by atoms with Crippen LogP contribution in [0.3, 0.4) is 0 Å². The summed E-state index contributed by atoms with van der Waals surface area (Å²) in [6.45, 7) is 4.14. The highest BCUT2D eigenvalue weighted by molar-refractivity contribution is 7.95. The summed E-state index contributed by atoms with van der Waals surface area (Å²) in [6.07, 6.45) is 0.107. The van der Waals surface area contributed by atoms with E-state index in [2.05, 4.69) is 0 Å². The number of sulfonamides is 1. The minimum Gasteiger partial charge on any atom is -0.456 e. The fourth-order valence-electron chi connectivity index (χ4n) is 2.82. The van der Waals surface area contributed by atoms with Crippen molar-refractivity contribution in [2.75, 3.05) is 13.2 Å². The minimum atomic E-state index is -4.08. The number of likely N-dealkylation sites (N-methyl/N-ethyl adjacent to an activating group) is 1. The third kappa shape index (κ3) is 3.92. The van der Waals surface area contributed by atoms with Crippen molar-refractivity contribution >= 4 is 43.1 Å². The van der Waals surface area contributed by atoms with Gasteiger partial charge in [0.15, 0.2) is 16.4 Å². The van der Waals surface area contributed by atoms with Crippen molar-refractivity contribution in [3.05, 3.63) is 11.6 Å². The minimum absolute atomic E-state index is 0.0935. The molecule has 0 saturated heterocycles. The van der Waals surface area contributed by atoms with E-state index in [4.69, 9.17) is 9.88 Å². The topological polar surface area (TPSA) is 141 Å². The van der Waals surface area contributed by atoms with E-state index >= 15 is 0 Å². The number of primary sulfonamides is 1. The first-order valence-corrected chi connectivity index (χ1v) is 11.6. The molecule has 0 aliphatic carbocycles. The number of amides is 1. The zero-order chi connectivity index (χ0) is 19.9. The van der Waals surface area contributed by atoms with E-state index in [0.717, 1.165) is 0 Å². The standard InChI is InChI=1S/C14H20N2O7S3/c1-4-16(12(18)7-23-9(3)17)11-5-8(2)25(19,20)14-10(11)6-13(24-14)26(15,21)22/h6,8,11H,4-5,7H2,1-3H3,(H2,15,21,22)/t8-,11-/m0/s1. The number of hydrogen-bond acceptors (Lipinski definition) is 8. The maximum Gasteiger partial charge on any atom is 0.303 e. The van der Waals surface area contributed by atoms with Crippen molar-refractivity contribution in [1.29, 1.82) is 0 Å². The predicted molar refractivity (Wildman–Crippen MR) is 93.7 cm³/mol. The molecule has 0 fully saturated rings. The molecule has 0 spiro atoms. The summed E-state index contributed by atoms with van der Waals surface area (Å²) < 4.78 is 52.9. The van der Waals surface area contributed by atoms with E-state index in [1.165, 1.54) is 24.8 Å². The number of fused-ring (bicyclic) bond motifs is 1. The first-order chi connectivity index (χ1) is 11.9. The molecule has 0 aromatic carbocycles. The van der Waals surface area contributed by atoms with Crippen molar-refractivity contribution in [2.24, 2.45) is 5.14 Å². The molecule has 9 nitrogen and oxygen atoms in total. The van der Waals surface area contributed by atoms with E-state index in [1.54, 1.807) is 6.92 Å². The second-order valence-electron chi connectivity index (χ2n) is 5.92. The van der Waals surface area contributed by atoms with Gasteiger partial charge in [-0.15, -0.1) is 11.3 Å². The second-order valence-corrected chi connectivity index (χ2v) is 11.3. The Morgan fingerprint density at radius 1 is 1.42 bits per heavy atom. The molecule has 1 aromatic heterocycles. The smallest absolute Gasteiger partial charge is 0.303 e. The molecule has 146 valence electrons. The number of sulfone groups is 1. The van der Waals surface area contributed by atoms with Gasteiger partial charge in [-0.2, -0.15) is 0 Å². The van der Waals surface area contributed by atoms with Gasteiger partial charge in [-0.25, -0.2) is 22.0 Å². The molecule has 26 heavy (non-hydrogen) atoms. The summed E-state index contributed by atoms with van der Waals surface area (Å²) >= 11 is 0.590. The Morgan fingerprint density at radius 2 is 2.04 bits per heavy atom. The molecule has 2 heterocycles. The average molecular weight is 425 g/mol. The van der Waals surface area contributed by atoms with Crippen LogP contribution in [-0.4, -0.2) is 52.0 Å². The van der Waals surface area contributed by atoms with Crippen LogP contribution in [0.25, 0.3) is 0 Å². The molecular weight excluding hydrogens is 404 g/mol. The molecule has 0 saturated carbocycles. The van der Waals surface area contributed by atoms with Gasteiger partial charge in [0.05, 0.1) is 11.3 Å². The lowest BCUT2D eigenvalue weighted by atomic mass is 10.0. The number of rotatable bonds is 5. The van der Waals surface area contributed by atoms with Crippen molar-refractivity contribution in [3.8, 4) is 0 Å². The summed E-state index contributed by atoms with van der Waals surface area (Å²) in [6, 6.07) is 0.564. The SMILES string of the molecule is CCN(C(=O)COC(C)=O)[C@H]1C[C@H](C)S(=O)(=O)c2sc(S(N)(=O)=O)cc21. The largest absolute Gasteiger partial charge is 0.456 e. The molecule has 1 aliphatic rings. The molecule has 12 heteroatoms. The molecule has 2 rings (SSSR count). The normalized spacial score (nSPS) is 21.7. The fourth-order valence-corrected chi connectivity index (χ4v) is 7.22. The Balaban J connectivity index is 2.52. The van der Waals surface area contributed by atoms with Crippen molar-refractivity contribution in [3.63, 3.8) is 0 Å². The number of thiophene rings is 1. The van der Waals surface area contributed by atoms with Crippen LogP contribution >= 0.6 is 11.3 Å². The highest BCUT2D eigenvalue weighted by atomic mass is 32.3. The molecule has 0 radical (unpaired) electrons. The lowest BCUT2D eigenvalue weighted by molar-refractivity contribution is -0.151. The van der Waals surface area contributed by atoms with Gasteiger partial charge in [0.1, 0.15) is 8.42 Å². The Morgan fingerprint density at radius 3 is 2.54 bits per heavy atom. The van der Waals surface area contributed by atoms with Gasteiger partial charge in [0.25, 0.3) is 5.91 Å². The van der Waals surface area contributed by atoms with Gasteiger partial charge in [-0.3, -0.25) is 9.59 Å². The molecule has 2 atom stereocenters. The Bertz CT molecular complexity index is 934. The quantitative estimate of drug-likeness (QED) is 0.675. The van der Waals surface area contributed by atoms with Gasteiger partial charge in [-0.05, 0) is 26.3 Å². The fraction of sp³-hybridized carbons (Fsp3) is 0.571. The number of carbonyl (C=O) groups excluding carboxylic acids is 2. The number of ether oxygens (including phenoxy) is 1. The lowest BCUT2D eigenvalue weighted by Gasteiger charge is -2.35. The molecule has 2 N–H and O–H groups in total. The first kappa shape index (κ1) is 20.8. The zero-order valence-corrected chi connectivity index (χ0v) is 16.9. The number of nitrogens with zero attached hydrogens (tertiary/aromatic N) is 1. The van der Waals surface area contributed by atoms with E-state index in [9.17, 15) is 26.4 Å². The highest BCUT2D eigenvalue weighted by Crippen LogP contribution is 2.44. The van der Waals surface area contributed by atoms with Crippen molar-refractivity contribution in [1.82, 2.24) is 4.90 Å². The van der Waals surface area contributed by atoms with Gasteiger partial charge in [-0.1, -0.05) is 0 Å². The van der Waals surface area contributed by atoms with Crippen LogP contribution in [0.2, 0.25) is 0 Å². The van der Waals surface area contributed by atoms with Crippen molar-refractivity contribution in [2.45, 2.75) is 46.9 Å². The Labute approximate surface area is 156 Å². The number of esters is 1. The van der Waals surface area contributed by atoms with E-state index in [1.807, 2.05) is 0 Å². The monoisotopic (exact) mass is 424 g/mol. The van der Waals surface area contributed by atoms with Crippen LogP contribution < -0.4 is 5.14 Å². The van der Waals surface area contributed by atoms with Crippen LogP contribution in [0.4, 0.5) is 0 Å². The lowest BCUT2D eigenvalue weighted by Crippen LogP contribution is -2.42. The number of carbonyl (C=O) groups is 2. The Hall–Kier alpha value is -1.50. The second kappa shape index (κ2) is 7.25. The van der Waals surface area contributed by atoms with E-state index in [0.29, 0.717) is 11.3 Å². The highest BCUT2D eigenvalue weighted by Gasteiger charge is 2.42. The third-order valence-corrected chi connectivity index (χ3v) is 9.44. The van der Waals surface area contributed by atoms with E-state index in [-0.39, 0.29) is 26.9 Å². The molecule has 1 aliphatic heterocycles. The van der Waals surface area contributed by atoms with Crippen LogP contribution in [0.5, 0.6) is 0 Å². The maximum absolute atomic E-state index is 12.6. The zero-order valence-electron chi connectivity index (χ0n) is 14.5. The van der Waals surface area contributed by atoms with Gasteiger partial charge in [0.2, 0.25) is 10.0 Å². The van der Waals surface area contributed by atoms with Gasteiger partial charge >= 0.3 is 5.97 Å². The van der Waals surface area contributed by atoms with Crippen LogP contribution in [0.1, 0.15) is 38.8 Å². The third-order valence-electron chi connectivity index (χ3n) is 4.12.